The number of hydrogen-bond donors (Lipinski definition) is 0. The highest BCUT2D eigenvalue weighted by Crippen LogP contribution is 2.16. The Kier molecular flexibility index (Phi) is 3.60. The van der Waals surface area contributed by atoms with Crippen LogP contribution in [0.5, 0.6) is 0 Å². The van der Waals surface area contributed by atoms with Crippen LogP contribution in [-0.4, -0.2) is 10.8 Å². The molecule has 3 nitrogen and oxygen atoms in total. The van der Waals surface area contributed by atoms with Gasteiger partial charge in [0.15, 0.2) is 5.78 Å². The molecule has 0 aliphatic heterocycles. The summed E-state index contributed by atoms with van der Waals surface area (Å²) in [6.45, 7) is 5.74. The van der Waals surface area contributed by atoms with Gasteiger partial charge in [0.25, 0.3) is 0 Å². The van der Waals surface area contributed by atoms with Gasteiger partial charge in [-0.25, -0.2) is 0 Å². The van der Waals surface area contributed by atoms with Gasteiger partial charge in [0, 0.05) is 11.9 Å². The fraction of sp³-hybridized carbons (Fsp3) is 0.333. The molecule has 0 amide bonds. The lowest BCUT2D eigenvalue weighted by Crippen LogP contribution is -2.05. The third-order valence-corrected chi connectivity index (χ3v) is 2.98. The first kappa shape index (κ1) is 12.6. The molecule has 0 saturated heterocycles. The summed E-state index contributed by atoms with van der Waals surface area (Å²) in [6.07, 6.45) is 3.11. The van der Waals surface area contributed by atoms with E-state index in [-0.39, 0.29) is 5.78 Å². The molecule has 18 heavy (non-hydrogen) atoms. The first-order valence-corrected chi connectivity index (χ1v) is 6.14. The van der Waals surface area contributed by atoms with Crippen molar-refractivity contribution >= 4 is 5.78 Å². The highest BCUT2D eigenvalue weighted by molar-refractivity contribution is 5.98. The van der Waals surface area contributed by atoms with Crippen LogP contribution in [0.1, 0.15) is 40.1 Å². The number of aromatic nitrogens is 1. The summed E-state index contributed by atoms with van der Waals surface area (Å²) >= 11 is 0. The normalized spacial score (nSPS) is 10.6. The SMILES string of the molecule is CCc1ccc(CC(=O)c2cc(C)oc2C)nc1. The van der Waals surface area contributed by atoms with Crippen molar-refractivity contribution in [1.29, 1.82) is 0 Å². The van der Waals surface area contributed by atoms with Crippen molar-refractivity contribution in [2.24, 2.45) is 0 Å². The second-order valence-electron chi connectivity index (χ2n) is 4.44. The molecule has 0 unspecified atom stereocenters. The van der Waals surface area contributed by atoms with Gasteiger partial charge in [-0.2, -0.15) is 0 Å². The molecule has 0 aliphatic rings. The van der Waals surface area contributed by atoms with Gasteiger partial charge in [-0.15, -0.1) is 0 Å². The Balaban J connectivity index is 2.13. The van der Waals surface area contributed by atoms with E-state index in [9.17, 15) is 4.79 Å². The highest BCUT2D eigenvalue weighted by Gasteiger charge is 2.14. The van der Waals surface area contributed by atoms with Crippen molar-refractivity contribution in [3.63, 3.8) is 0 Å². The smallest absolute Gasteiger partial charge is 0.172 e. The molecule has 2 aromatic heterocycles. The van der Waals surface area contributed by atoms with Crippen molar-refractivity contribution in [3.8, 4) is 0 Å². The lowest BCUT2D eigenvalue weighted by Gasteiger charge is -2.01. The number of rotatable bonds is 4. The molecule has 0 N–H and O–H groups in total. The predicted octanol–water partition coefficient (Wildman–Crippen LogP) is 3.28. The minimum atomic E-state index is 0.0566. The van der Waals surface area contributed by atoms with Crippen molar-refractivity contribution < 1.29 is 9.21 Å². The number of furan rings is 1. The fourth-order valence-electron chi connectivity index (χ4n) is 1.94. The maximum atomic E-state index is 12.1. The summed E-state index contributed by atoms with van der Waals surface area (Å²) in [6, 6.07) is 5.72. The molecule has 2 heterocycles. The summed E-state index contributed by atoms with van der Waals surface area (Å²) in [5, 5.41) is 0. The van der Waals surface area contributed by atoms with E-state index >= 15 is 0 Å². The Labute approximate surface area is 107 Å². The predicted molar refractivity (Wildman–Crippen MR) is 69.8 cm³/mol. The Hall–Kier alpha value is -1.90. The second-order valence-corrected chi connectivity index (χ2v) is 4.44. The number of aryl methyl sites for hydroxylation is 3. The van der Waals surface area contributed by atoms with E-state index in [1.807, 2.05) is 32.2 Å². The zero-order valence-electron chi connectivity index (χ0n) is 11.0. The molecule has 0 aromatic carbocycles. The third kappa shape index (κ3) is 2.67. The number of hydrogen-bond acceptors (Lipinski definition) is 3. The molecule has 0 aliphatic carbocycles. The van der Waals surface area contributed by atoms with E-state index < -0.39 is 0 Å². The largest absolute Gasteiger partial charge is 0.466 e. The number of ketones is 1. The van der Waals surface area contributed by atoms with Gasteiger partial charge in [0.05, 0.1) is 12.0 Å². The summed E-state index contributed by atoms with van der Waals surface area (Å²) in [5.74, 6) is 1.51. The standard InChI is InChI=1S/C15H17NO2/c1-4-12-5-6-13(16-9-12)8-15(17)14-7-10(2)18-11(14)3/h5-7,9H,4,8H2,1-3H3. The van der Waals surface area contributed by atoms with Crippen LogP contribution in [0.15, 0.2) is 28.8 Å². The molecule has 0 atom stereocenters. The average Bonchev–Trinajstić information content (AvgIpc) is 2.69. The zero-order valence-corrected chi connectivity index (χ0v) is 11.0. The number of carbonyl (C=O) groups excluding carboxylic acids is 1. The summed E-state index contributed by atoms with van der Waals surface area (Å²) in [5.41, 5.74) is 2.64. The summed E-state index contributed by atoms with van der Waals surface area (Å²) < 4.78 is 5.37. The van der Waals surface area contributed by atoms with Crippen molar-refractivity contribution in [2.45, 2.75) is 33.6 Å². The Bertz CT molecular complexity index is 552. The van der Waals surface area contributed by atoms with Gasteiger partial charge in [-0.05, 0) is 38.0 Å². The van der Waals surface area contributed by atoms with Gasteiger partial charge >= 0.3 is 0 Å². The number of nitrogens with zero attached hydrogens (tertiary/aromatic N) is 1. The second kappa shape index (κ2) is 5.17. The topological polar surface area (TPSA) is 43.1 Å². The molecule has 3 heteroatoms. The Morgan fingerprint density at radius 1 is 1.33 bits per heavy atom. The van der Waals surface area contributed by atoms with E-state index in [0.717, 1.165) is 17.9 Å². The van der Waals surface area contributed by atoms with Gasteiger partial charge in [-0.1, -0.05) is 13.0 Å². The van der Waals surface area contributed by atoms with Crippen LogP contribution in [0, 0.1) is 13.8 Å². The minimum absolute atomic E-state index is 0.0566. The maximum absolute atomic E-state index is 12.1. The lowest BCUT2D eigenvalue weighted by atomic mass is 10.1. The van der Waals surface area contributed by atoms with E-state index in [0.29, 0.717) is 17.7 Å². The van der Waals surface area contributed by atoms with E-state index in [1.165, 1.54) is 5.56 Å². The van der Waals surface area contributed by atoms with Crippen molar-refractivity contribution in [1.82, 2.24) is 4.98 Å². The molecule has 2 rings (SSSR count). The van der Waals surface area contributed by atoms with Crippen LogP contribution < -0.4 is 0 Å². The van der Waals surface area contributed by atoms with E-state index in [1.54, 1.807) is 6.07 Å². The fourth-order valence-corrected chi connectivity index (χ4v) is 1.94. The Morgan fingerprint density at radius 2 is 2.11 bits per heavy atom. The van der Waals surface area contributed by atoms with Crippen LogP contribution in [0.4, 0.5) is 0 Å². The lowest BCUT2D eigenvalue weighted by molar-refractivity contribution is 0.0990. The summed E-state index contributed by atoms with van der Waals surface area (Å²) in [7, 11) is 0. The zero-order chi connectivity index (χ0) is 13.1. The minimum Gasteiger partial charge on any atom is -0.466 e. The van der Waals surface area contributed by atoms with Gasteiger partial charge in [0.2, 0.25) is 0 Å². The summed E-state index contributed by atoms with van der Waals surface area (Å²) in [4.78, 5) is 16.4. The Morgan fingerprint density at radius 3 is 2.61 bits per heavy atom. The van der Waals surface area contributed by atoms with Crippen LogP contribution >= 0.6 is 0 Å². The van der Waals surface area contributed by atoms with E-state index in [2.05, 4.69) is 11.9 Å². The first-order chi connectivity index (χ1) is 8.60. The number of pyridine rings is 1. The van der Waals surface area contributed by atoms with Crippen molar-refractivity contribution in [3.05, 3.63) is 52.7 Å². The van der Waals surface area contributed by atoms with Gasteiger partial charge < -0.3 is 4.42 Å². The van der Waals surface area contributed by atoms with E-state index in [4.69, 9.17) is 4.42 Å². The maximum Gasteiger partial charge on any atom is 0.172 e. The van der Waals surface area contributed by atoms with Crippen LogP contribution in [0.3, 0.4) is 0 Å². The molecule has 0 fully saturated rings. The molecular weight excluding hydrogens is 226 g/mol. The molecule has 0 bridgehead atoms. The van der Waals surface area contributed by atoms with Crippen LogP contribution in [-0.2, 0) is 12.8 Å². The third-order valence-electron chi connectivity index (χ3n) is 2.98. The molecule has 0 saturated carbocycles. The molecule has 2 aromatic rings. The monoisotopic (exact) mass is 243 g/mol. The number of carbonyl (C=O) groups is 1. The average molecular weight is 243 g/mol. The highest BCUT2D eigenvalue weighted by atomic mass is 16.3. The molecular formula is C15H17NO2. The van der Waals surface area contributed by atoms with Crippen LogP contribution in [0.25, 0.3) is 0 Å². The molecule has 0 radical (unpaired) electrons. The van der Waals surface area contributed by atoms with Gasteiger partial charge in [0.1, 0.15) is 11.5 Å². The van der Waals surface area contributed by atoms with Gasteiger partial charge in [-0.3, -0.25) is 9.78 Å². The quantitative estimate of drug-likeness (QED) is 0.774. The molecule has 94 valence electrons. The van der Waals surface area contributed by atoms with Crippen LogP contribution in [0.2, 0.25) is 0 Å². The molecule has 0 spiro atoms. The van der Waals surface area contributed by atoms with Crippen molar-refractivity contribution in [2.75, 3.05) is 0 Å². The first-order valence-electron chi connectivity index (χ1n) is 6.14. The number of Topliss-reactive ketones (excluding diaryl/α,β-unsaturated/α-hetero) is 1.